The highest BCUT2D eigenvalue weighted by Crippen LogP contribution is 2.38. The van der Waals surface area contributed by atoms with E-state index in [1.165, 1.54) is 0 Å². The smallest absolute Gasteiger partial charge is 0.315 e. The number of thioether (sulfide) groups is 1. The van der Waals surface area contributed by atoms with E-state index in [1.807, 2.05) is 55.5 Å². The molecule has 0 spiro atoms. The minimum Gasteiger partial charge on any atom is -0.396 e. The van der Waals surface area contributed by atoms with Gasteiger partial charge in [-0.15, -0.1) is 0 Å². The van der Waals surface area contributed by atoms with Crippen LogP contribution in [0.3, 0.4) is 0 Å². The molecule has 3 rings (SSSR count). The Balaban J connectivity index is 1.69. The number of rotatable bonds is 10. The van der Waals surface area contributed by atoms with Crippen LogP contribution in [0, 0.1) is 0 Å². The lowest BCUT2D eigenvalue weighted by Gasteiger charge is -2.36. The molecule has 1 saturated heterocycles. The highest BCUT2D eigenvalue weighted by atomic mass is 32.2. The Kier molecular flexibility index (Phi) is 9.83. The van der Waals surface area contributed by atoms with Crippen molar-refractivity contribution in [3.63, 3.8) is 0 Å². The SMILES string of the molecule is CCNC(=O)NCc1ccc([C@H]2O[C@@H](CSCCO)C[C@@H](c3ccc(CO)cc3)O2)cc1. The minimum absolute atomic E-state index is 0.00750. The molecule has 2 amide bonds. The third-order valence-corrected chi connectivity index (χ3v) is 6.28. The van der Waals surface area contributed by atoms with Gasteiger partial charge in [0.25, 0.3) is 0 Å². The van der Waals surface area contributed by atoms with E-state index in [0.717, 1.165) is 34.4 Å². The zero-order valence-electron chi connectivity index (χ0n) is 18.3. The third kappa shape index (κ3) is 7.21. The fourth-order valence-electron chi connectivity index (χ4n) is 3.50. The number of aliphatic hydroxyl groups is 2. The van der Waals surface area contributed by atoms with Crippen LogP contribution in [0.25, 0.3) is 0 Å². The summed E-state index contributed by atoms with van der Waals surface area (Å²) in [5.74, 6) is 1.45. The predicted molar refractivity (Wildman–Crippen MR) is 125 cm³/mol. The number of hydrogen-bond acceptors (Lipinski definition) is 6. The Bertz CT molecular complexity index is 831. The molecule has 0 aliphatic carbocycles. The highest BCUT2D eigenvalue weighted by molar-refractivity contribution is 7.99. The van der Waals surface area contributed by atoms with Gasteiger partial charge in [-0.3, -0.25) is 0 Å². The number of nitrogens with one attached hydrogen (secondary N) is 2. The summed E-state index contributed by atoms with van der Waals surface area (Å²) < 4.78 is 12.6. The number of benzene rings is 2. The van der Waals surface area contributed by atoms with E-state index in [9.17, 15) is 9.90 Å². The molecule has 0 saturated carbocycles. The lowest BCUT2D eigenvalue weighted by Crippen LogP contribution is -2.34. The van der Waals surface area contributed by atoms with Crippen LogP contribution in [0.1, 0.15) is 48.0 Å². The monoisotopic (exact) mass is 460 g/mol. The molecule has 174 valence electrons. The summed E-state index contributed by atoms with van der Waals surface area (Å²) in [6.45, 7) is 3.07. The number of ether oxygens (including phenoxy) is 2. The van der Waals surface area contributed by atoms with Gasteiger partial charge < -0.3 is 30.3 Å². The van der Waals surface area contributed by atoms with Gasteiger partial charge in [0, 0.05) is 36.6 Å². The minimum atomic E-state index is -0.503. The van der Waals surface area contributed by atoms with Gasteiger partial charge in [0.05, 0.1) is 25.4 Å². The largest absolute Gasteiger partial charge is 0.396 e. The van der Waals surface area contributed by atoms with Crippen molar-refractivity contribution < 1.29 is 24.5 Å². The molecular formula is C24H32N2O5S. The molecule has 1 fully saturated rings. The van der Waals surface area contributed by atoms with Crippen molar-refractivity contribution >= 4 is 17.8 Å². The first-order valence-electron chi connectivity index (χ1n) is 10.9. The van der Waals surface area contributed by atoms with Crippen molar-refractivity contribution in [3.8, 4) is 0 Å². The molecule has 4 N–H and O–H groups in total. The van der Waals surface area contributed by atoms with Crippen LogP contribution in [0.5, 0.6) is 0 Å². The van der Waals surface area contributed by atoms with Crippen LogP contribution in [-0.2, 0) is 22.6 Å². The van der Waals surface area contributed by atoms with E-state index in [-0.39, 0.29) is 31.5 Å². The van der Waals surface area contributed by atoms with E-state index in [2.05, 4.69) is 10.6 Å². The van der Waals surface area contributed by atoms with Crippen LogP contribution < -0.4 is 10.6 Å². The zero-order chi connectivity index (χ0) is 22.8. The standard InChI is InChI=1S/C24H32N2O5S/c1-2-25-24(29)26-14-17-3-9-20(10-4-17)23-30-21(16-32-12-11-27)13-22(31-23)19-7-5-18(15-28)6-8-19/h3-10,21-23,27-28H,2,11-16H2,1H3,(H2,25,26,29)/t21-,22+,23+/m1/s1. The average Bonchev–Trinajstić information content (AvgIpc) is 2.83. The summed E-state index contributed by atoms with van der Waals surface area (Å²) in [6, 6.07) is 15.5. The van der Waals surface area contributed by atoms with Gasteiger partial charge in [-0.2, -0.15) is 11.8 Å². The van der Waals surface area contributed by atoms with Gasteiger partial charge in [-0.05, 0) is 23.6 Å². The van der Waals surface area contributed by atoms with E-state index in [4.69, 9.17) is 14.6 Å². The van der Waals surface area contributed by atoms with Gasteiger partial charge in [0.15, 0.2) is 6.29 Å². The molecule has 1 aliphatic heterocycles. The van der Waals surface area contributed by atoms with Crippen molar-refractivity contribution in [2.75, 3.05) is 24.7 Å². The molecule has 8 heteroatoms. The number of amides is 2. The predicted octanol–water partition coefficient (Wildman–Crippen LogP) is 3.27. The molecule has 1 heterocycles. The number of carbonyl (C=O) groups excluding carboxylic acids is 1. The van der Waals surface area contributed by atoms with E-state index in [1.54, 1.807) is 11.8 Å². The zero-order valence-corrected chi connectivity index (χ0v) is 19.1. The van der Waals surface area contributed by atoms with Crippen LogP contribution in [-0.4, -0.2) is 47.0 Å². The fraction of sp³-hybridized carbons (Fsp3) is 0.458. The molecule has 0 aromatic heterocycles. The Hall–Kier alpha value is -2.10. The Morgan fingerprint density at radius 3 is 2.34 bits per heavy atom. The number of hydrogen-bond donors (Lipinski definition) is 4. The summed E-state index contributed by atoms with van der Waals surface area (Å²) >= 11 is 1.67. The van der Waals surface area contributed by atoms with E-state index < -0.39 is 6.29 Å². The van der Waals surface area contributed by atoms with Crippen molar-refractivity contribution in [3.05, 3.63) is 70.8 Å². The second-order valence-corrected chi connectivity index (χ2v) is 8.75. The maximum atomic E-state index is 11.6. The summed E-state index contributed by atoms with van der Waals surface area (Å²) in [7, 11) is 0. The van der Waals surface area contributed by atoms with Gasteiger partial charge in [0.2, 0.25) is 0 Å². The summed E-state index contributed by atoms with van der Waals surface area (Å²) in [6.07, 6.45) is 0.0886. The lowest BCUT2D eigenvalue weighted by molar-refractivity contribution is -0.245. The van der Waals surface area contributed by atoms with Crippen LogP contribution in [0.2, 0.25) is 0 Å². The number of carbonyl (C=O) groups is 1. The van der Waals surface area contributed by atoms with Crippen LogP contribution in [0.4, 0.5) is 4.79 Å². The van der Waals surface area contributed by atoms with Crippen LogP contribution >= 0.6 is 11.8 Å². The van der Waals surface area contributed by atoms with Crippen molar-refractivity contribution in [2.24, 2.45) is 0 Å². The summed E-state index contributed by atoms with van der Waals surface area (Å²) in [5.41, 5.74) is 3.82. The first-order valence-corrected chi connectivity index (χ1v) is 12.1. The molecule has 3 atom stereocenters. The van der Waals surface area contributed by atoms with Crippen molar-refractivity contribution in [2.45, 2.75) is 45.0 Å². The van der Waals surface area contributed by atoms with Gasteiger partial charge in [-0.25, -0.2) is 4.79 Å². The quantitative estimate of drug-likeness (QED) is 0.406. The van der Waals surface area contributed by atoms with Gasteiger partial charge >= 0.3 is 6.03 Å². The first-order chi connectivity index (χ1) is 15.6. The molecule has 7 nitrogen and oxygen atoms in total. The van der Waals surface area contributed by atoms with Crippen LogP contribution in [0.15, 0.2) is 48.5 Å². The molecule has 0 bridgehead atoms. The average molecular weight is 461 g/mol. The Morgan fingerprint density at radius 2 is 1.69 bits per heavy atom. The van der Waals surface area contributed by atoms with E-state index >= 15 is 0 Å². The molecule has 32 heavy (non-hydrogen) atoms. The van der Waals surface area contributed by atoms with Gasteiger partial charge in [0.1, 0.15) is 0 Å². The topological polar surface area (TPSA) is 100 Å². The fourth-order valence-corrected chi connectivity index (χ4v) is 4.27. The molecule has 2 aromatic rings. The van der Waals surface area contributed by atoms with E-state index in [0.29, 0.717) is 18.8 Å². The summed E-state index contributed by atoms with van der Waals surface area (Å²) in [4.78, 5) is 11.6. The molecule has 0 unspecified atom stereocenters. The Labute approximate surface area is 193 Å². The van der Waals surface area contributed by atoms with Crippen molar-refractivity contribution in [1.82, 2.24) is 10.6 Å². The number of urea groups is 1. The maximum absolute atomic E-state index is 11.6. The third-order valence-electron chi connectivity index (χ3n) is 5.20. The summed E-state index contributed by atoms with van der Waals surface area (Å²) in [5, 5.41) is 23.9. The Morgan fingerprint density at radius 1 is 1.00 bits per heavy atom. The second kappa shape index (κ2) is 12.8. The normalized spacial score (nSPS) is 20.7. The molecular weight excluding hydrogens is 428 g/mol. The molecule has 2 aromatic carbocycles. The number of aliphatic hydroxyl groups excluding tert-OH is 2. The van der Waals surface area contributed by atoms with Crippen molar-refractivity contribution in [1.29, 1.82) is 0 Å². The molecule has 0 radical (unpaired) electrons. The molecule has 1 aliphatic rings. The first kappa shape index (κ1) is 24.5. The van der Waals surface area contributed by atoms with Gasteiger partial charge in [-0.1, -0.05) is 48.5 Å². The highest BCUT2D eigenvalue weighted by Gasteiger charge is 2.32. The lowest BCUT2D eigenvalue weighted by atomic mass is 10.0. The second-order valence-electron chi connectivity index (χ2n) is 7.60. The maximum Gasteiger partial charge on any atom is 0.315 e.